The van der Waals surface area contributed by atoms with Crippen molar-refractivity contribution >= 4 is 21.6 Å². The number of rotatable bonds is 2. The Morgan fingerprint density at radius 3 is 2.83 bits per heavy atom. The molecule has 23 heavy (non-hydrogen) atoms. The molecule has 0 bridgehead atoms. The molecule has 1 saturated carbocycles. The molecule has 1 aromatic rings. The summed E-state index contributed by atoms with van der Waals surface area (Å²) >= 11 is 6.24. The minimum atomic E-state index is -3.53. The zero-order valence-corrected chi connectivity index (χ0v) is 14.6. The topological polar surface area (TPSA) is 72.6 Å². The fraction of sp³-hybridized carbons (Fsp3) is 0.625. The lowest BCUT2D eigenvalue weighted by molar-refractivity contribution is 0.255. The van der Waals surface area contributed by atoms with Crippen LogP contribution in [0.3, 0.4) is 0 Å². The summed E-state index contributed by atoms with van der Waals surface area (Å²) in [6, 6.07) is 3.36. The highest BCUT2D eigenvalue weighted by Crippen LogP contribution is 2.42. The summed E-state index contributed by atoms with van der Waals surface area (Å²) in [6.45, 7) is 3.05. The maximum absolute atomic E-state index is 13.0. The van der Waals surface area contributed by atoms with Gasteiger partial charge in [0, 0.05) is 31.1 Å². The monoisotopic (exact) mass is 356 g/mol. The Balaban J connectivity index is 1.65. The van der Waals surface area contributed by atoms with E-state index in [1.54, 1.807) is 10.4 Å². The molecule has 126 valence electrons. The maximum Gasteiger partial charge on any atom is 0.243 e. The second kappa shape index (κ2) is 5.34. The first-order valence-electron chi connectivity index (χ1n) is 8.11. The van der Waals surface area contributed by atoms with Crippen molar-refractivity contribution < 1.29 is 13.2 Å². The molecule has 7 heteroatoms. The number of nitrogens with zero attached hydrogens (tertiary/aromatic N) is 1. The van der Waals surface area contributed by atoms with Crippen LogP contribution in [0.15, 0.2) is 17.0 Å². The molecular formula is C16H21ClN2O3S. The van der Waals surface area contributed by atoms with Crippen LogP contribution in [0.4, 0.5) is 0 Å². The number of ether oxygens (including phenoxy) is 1. The Labute approximate surface area is 141 Å². The van der Waals surface area contributed by atoms with E-state index in [4.69, 9.17) is 22.1 Å². The highest BCUT2D eigenvalue weighted by Gasteiger charge is 2.45. The van der Waals surface area contributed by atoms with Gasteiger partial charge in [-0.05, 0) is 43.7 Å². The minimum Gasteiger partial charge on any atom is -0.489 e. The molecule has 2 fully saturated rings. The molecule has 4 rings (SSSR count). The van der Waals surface area contributed by atoms with Crippen LogP contribution in [-0.2, 0) is 16.4 Å². The maximum atomic E-state index is 13.0. The first-order valence-corrected chi connectivity index (χ1v) is 9.93. The quantitative estimate of drug-likeness (QED) is 0.879. The van der Waals surface area contributed by atoms with Crippen LogP contribution in [0, 0.1) is 11.8 Å². The van der Waals surface area contributed by atoms with Gasteiger partial charge in [0.1, 0.15) is 11.9 Å². The minimum absolute atomic E-state index is 0.0320. The number of halogens is 1. The van der Waals surface area contributed by atoms with Crippen molar-refractivity contribution in [3.8, 4) is 5.75 Å². The van der Waals surface area contributed by atoms with E-state index in [0.29, 0.717) is 36.2 Å². The summed E-state index contributed by atoms with van der Waals surface area (Å²) < 4.78 is 33.2. The van der Waals surface area contributed by atoms with Crippen molar-refractivity contribution in [2.24, 2.45) is 17.6 Å². The zero-order valence-electron chi connectivity index (χ0n) is 13.0. The number of hydrogen-bond donors (Lipinski definition) is 1. The molecule has 2 aliphatic heterocycles. The number of fused-ring (bicyclic) bond motifs is 2. The van der Waals surface area contributed by atoms with Crippen molar-refractivity contribution in [2.45, 2.75) is 43.2 Å². The van der Waals surface area contributed by atoms with Crippen LogP contribution >= 0.6 is 11.6 Å². The van der Waals surface area contributed by atoms with Gasteiger partial charge in [0.25, 0.3) is 0 Å². The van der Waals surface area contributed by atoms with E-state index in [0.717, 1.165) is 18.4 Å². The van der Waals surface area contributed by atoms with Crippen LogP contribution in [0.1, 0.15) is 25.3 Å². The lowest BCUT2D eigenvalue weighted by Gasteiger charge is -2.19. The Bertz CT molecular complexity index is 752. The normalized spacial score (nSPS) is 33.5. The molecule has 1 aliphatic carbocycles. The molecule has 2 heterocycles. The summed E-state index contributed by atoms with van der Waals surface area (Å²) in [5, 5.41) is 0.376. The van der Waals surface area contributed by atoms with Gasteiger partial charge >= 0.3 is 0 Å². The van der Waals surface area contributed by atoms with E-state index in [2.05, 4.69) is 0 Å². The highest BCUT2D eigenvalue weighted by molar-refractivity contribution is 7.89. The van der Waals surface area contributed by atoms with E-state index >= 15 is 0 Å². The molecule has 0 aromatic heterocycles. The van der Waals surface area contributed by atoms with Gasteiger partial charge in [-0.2, -0.15) is 4.31 Å². The number of benzene rings is 1. The molecule has 1 aromatic carbocycles. The predicted octanol–water partition coefficient (Wildman–Crippen LogP) is 2.02. The van der Waals surface area contributed by atoms with Gasteiger partial charge in [0.2, 0.25) is 10.0 Å². The standard InChI is InChI=1S/C16H21ClN2O3S/c1-9-4-11-5-12(6-14(17)16(11)22-9)23(20,21)19-7-10-2-3-15(18)13(10)8-19/h5-6,9-10,13,15H,2-4,7-8,18H2,1H3. The van der Waals surface area contributed by atoms with E-state index in [1.165, 1.54) is 6.07 Å². The van der Waals surface area contributed by atoms with E-state index in [-0.39, 0.29) is 23.0 Å². The molecular weight excluding hydrogens is 336 g/mol. The number of sulfonamides is 1. The smallest absolute Gasteiger partial charge is 0.243 e. The van der Waals surface area contributed by atoms with E-state index < -0.39 is 10.0 Å². The van der Waals surface area contributed by atoms with Gasteiger partial charge in [-0.25, -0.2) is 8.42 Å². The van der Waals surface area contributed by atoms with Gasteiger partial charge in [-0.15, -0.1) is 0 Å². The van der Waals surface area contributed by atoms with Crippen molar-refractivity contribution in [3.05, 3.63) is 22.7 Å². The van der Waals surface area contributed by atoms with Crippen LogP contribution < -0.4 is 10.5 Å². The summed E-state index contributed by atoms with van der Waals surface area (Å²) in [5.41, 5.74) is 6.99. The summed E-state index contributed by atoms with van der Waals surface area (Å²) in [4.78, 5) is 0.271. The van der Waals surface area contributed by atoms with Crippen LogP contribution in [0.5, 0.6) is 5.75 Å². The van der Waals surface area contributed by atoms with E-state index in [9.17, 15) is 8.42 Å². The second-order valence-electron chi connectivity index (χ2n) is 7.01. The third-order valence-electron chi connectivity index (χ3n) is 5.44. The Morgan fingerprint density at radius 1 is 1.30 bits per heavy atom. The van der Waals surface area contributed by atoms with E-state index in [1.807, 2.05) is 6.92 Å². The van der Waals surface area contributed by atoms with Gasteiger partial charge in [-0.1, -0.05) is 11.6 Å². The van der Waals surface area contributed by atoms with Crippen LogP contribution in [0.2, 0.25) is 5.02 Å². The number of nitrogens with two attached hydrogens (primary N) is 1. The average Bonchev–Trinajstić information content (AvgIpc) is 3.14. The Kier molecular flexibility index (Phi) is 3.65. The third kappa shape index (κ3) is 2.47. The lowest BCUT2D eigenvalue weighted by Crippen LogP contribution is -2.33. The molecule has 4 unspecified atom stereocenters. The van der Waals surface area contributed by atoms with Gasteiger partial charge in [0.05, 0.1) is 9.92 Å². The average molecular weight is 357 g/mol. The largest absolute Gasteiger partial charge is 0.489 e. The molecule has 0 radical (unpaired) electrons. The molecule has 1 saturated heterocycles. The van der Waals surface area contributed by atoms with Crippen LogP contribution in [-0.4, -0.2) is 38.0 Å². The zero-order chi connectivity index (χ0) is 16.4. The highest BCUT2D eigenvalue weighted by atomic mass is 35.5. The first-order chi connectivity index (χ1) is 10.9. The summed E-state index contributed by atoms with van der Waals surface area (Å²) in [6.07, 6.45) is 2.75. The Morgan fingerprint density at radius 2 is 2.09 bits per heavy atom. The molecule has 0 amide bonds. The fourth-order valence-corrected chi connectivity index (χ4v) is 6.18. The Hall–Kier alpha value is -0.820. The first kappa shape index (κ1) is 15.7. The fourth-order valence-electron chi connectivity index (χ4n) is 4.22. The van der Waals surface area contributed by atoms with Gasteiger partial charge in [-0.3, -0.25) is 0 Å². The molecule has 3 aliphatic rings. The molecule has 5 nitrogen and oxygen atoms in total. The van der Waals surface area contributed by atoms with Crippen LogP contribution in [0.25, 0.3) is 0 Å². The summed E-state index contributed by atoms with van der Waals surface area (Å²) in [5.74, 6) is 1.31. The van der Waals surface area contributed by atoms with Crippen molar-refractivity contribution in [1.29, 1.82) is 0 Å². The van der Waals surface area contributed by atoms with Gasteiger partial charge < -0.3 is 10.5 Å². The second-order valence-corrected chi connectivity index (χ2v) is 9.36. The van der Waals surface area contributed by atoms with Crippen molar-refractivity contribution in [1.82, 2.24) is 4.31 Å². The number of hydrogen-bond acceptors (Lipinski definition) is 4. The van der Waals surface area contributed by atoms with Crippen molar-refractivity contribution in [3.63, 3.8) is 0 Å². The van der Waals surface area contributed by atoms with Gasteiger partial charge in [0.15, 0.2) is 0 Å². The summed E-state index contributed by atoms with van der Waals surface area (Å²) in [7, 11) is -3.53. The molecule has 2 N–H and O–H groups in total. The third-order valence-corrected chi connectivity index (χ3v) is 7.53. The SMILES string of the molecule is CC1Cc2cc(S(=O)(=O)N3CC4CCC(N)C4C3)cc(Cl)c2O1. The van der Waals surface area contributed by atoms with Crippen molar-refractivity contribution in [2.75, 3.05) is 13.1 Å². The molecule has 0 spiro atoms. The molecule has 4 atom stereocenters. The predicted molar refractivity (Wildman–Crippen MR) is 88.2 cm³/mol. The lowest BCUT2D eigenvalue weighted by atomic mass is 9.98.